The van der Waals surface area contributed by atoms with Crippen molar-refractivity contribution in [2.75, 3.05) is 38.8 Å². The highest BCUT2D eigenvalue weighted by atomic mass is 16.5. The zero-order valence-corrected chi connectivity index (χ0v) is 20.5. The van der Waals surface area contributed by atoms with Gasteiger partial charge in [0.15, 0.2) is 5.60 Å². The van der Waals surface area contributed by atoms with Crippen LogP contribution in [0.15, 0.2) is 66.9 Å². The van der Waals surface area contributed by atoms with Gasteiger partial charge in [0.1, 0.15) is 35.6 Å². The third kappa shape index (κ3) is 5.26. The summed E-state index contributed by atoms with van der Waals surface area (Å²) in [5.74, 6) is 7.10. The molecule has 1 unspecified atom stereocenters. The largest absolute Gasteiger partial charge is 0.489 e. The summed E-state index contributed by atoms with van der Waals surface area (Å²) in [6.45, 7) is 1.31. The number of amides is 2. The Balaban J connectivity index is 1.29. The minimum absolute atomic E-state index is 0.0222. The molecule has 9 heteroatoms. The number of para-hydroxylation sites is 1. The van der Waals surface area contributed by atoms with E-state index in [1.807, 2.05) is 36.4 Å². The number of nitrogens with zero attached hydrogens (tertiary/aromatic N) is 2. The van der Waals surface area contributed by atoms with Crippen molar-refractivity contribution in [1.82, 2.24) is 15.6 Å². The molecule has 3 heterocycles. The second kappa shape index (κ2) is 10.3. The zero-order valence-electron chi connectivity index (χ0n) is 20.5. The molecular weight excluding hydrogens is 472 g/mol. The van der Waals surface area contributed by atoms with Gasteiger partial charge in [0.2, 0.25) is 0 Å². The Morgan fingerprint density at radius 2 is 1.97 bits per heavy atom. The molecule has 2 aliphatic rings. The number of fused-ring (bicyclic) bond motifs is 1. The van der Waals surface area contributed by atoms with E-state index in [0.717, 1.165) is 5.56 Å². The molecular formula is C28H26N4O5. The Morgan fingerprint density at radius 3 is 2.70 bits per heavy atom. The maximum atomic E-state index is 13.2. The van der Waals surface area contributed by atoms with Crippen LogP contribution in [0.2, 0.25) is 0 Å². The fourth-order valence-electron chi connectivity index (χ4n) is 3.96. The first-order chi connectivity index (χ1) is 18.0. The van der Waals surface area contributed by atoms with Crippen LogP contribution in [-0.4, -0.2) is 62.3 Å². The zero-order chi connectivity index (χ0) is 25.8. The number of rotatable bonds is 5. The second-order valence-electron chi connectivity index (χ2n) is 8.76. The second-order valence-corrected chi connectivity index (χ2v) is 8.76. The molecule has 1 atom stereocenters. The number of methoxy groups -OCH3 is 1. The molecule has 3 aromatic rings. The predicted molar refractivity (Wildman–Crippen MR) is 137 cm³/mol. The van der Waals surface area contributed by atoms with Crippen LogP contribution in [0.1, 0.15) is 16.1 Å². The monoisotopic (exact) mass is 498 g/mol. The lowest BCUT2D eigenvalue weighted by Gasteiger charge is -2.36. The van der Waals surface area contributed by atoms with Crippen LogP contribution in [0.4, 0.5) is 5.69 Å². The third-order valence-corrected chi connectivity index (χ3v) is 6.25. The number of benzene rings is 2. The van der Waals surface area contributed by atoms with E-state index in [1.54, 1.807) is 32.4 Å². The molecule has 1 saturated heterocycles. The van der Waals surface area contributed by atoms with Crippen molar-refractivity contribution in [1.29, 1.82) is 0 Å². The smallest absolute Gasteiger partial charge is 0.270 e. The number of hydrogen-bond acceptors (Lipinski definition) is 7. The van der Waals surface area contributed by atoms with E-state index in [-0.39, 0.29) is 18.2 Å². The van der Waals surface area contributed by atoms with Crippen LogP contribution >= 0.6 is 0 Å². The van der Waals surface area contributed by atoms with Crippen LogP contribution in [0.3, 0.4) is 0 Å². The number of anilines is 1. The summed E-state index contributed by atoms with van der Waals surface area (Å²) in [5, 5.41) is 5.90. The van der Waals surface area contributed by atoms with Crippen LogP contribution in [0.25, 0.3) is 0 Å². The first-order valence-corrected chi connectivity index (χ1v) is 11.8. The first kappa shape index (κ1) is 24.3. The average molecular weight is 499 g/mol. The van der Waals surface area contributed by atoms with Gasteiger partial charge in [-0.05, 0) is 36.4 Å². The molecule has 0 radical (unpaired) electrons. The predicted octanol–water partition coefficient (Wildman–Crippen LogP) is 2.37. The summed E-state index contributed by atoms with van der Waals surface area (Å²) in [5.41, 5.74) is 0.939. The Bertz CT molecular complexity index is 1370. The first-order valence-electron chi connectivity index (χ1n) is 11.8. The van der Waals surface area contributed by atoms with Crippen molar-refractivity contribution < 1.29 is 23.8 Å². The van der Waals surface area contributed by atoms with Crippen molar-refractivity contribution in [2.24, 2.45) is 0 Å². The molecule has 0 saturated carbocycles. The molecule has 9 nitrogen and oxygen atoms in total. The van der Waals surface area contributed by atoms with E-state index in [0.29, 0.717) is 36.0 Å². The van der Waals surface area contributed by atoms with Crippen molar-refractivity contribution in [3.8, 4) is 29.1 Å². The number of hydrogen-bond donors (Lipinski definition) is 2. The Hall–Kier alpha value is -4.39. The van der Waals surface area contributed by atoms with Gasteiger partial charge in [-0.2, -0.15) is 0 Å². The normalized spacial score (nSPS) is 17.7. The SMILES string of the molecule is COC1(C#Cc2ccc3c(c2)N(C)C(=O)C(NC(=O)c2cc(Oc4ccccc4)ccn2)CO3)CNC1. The van der Waals surface area contributed by atoms with E-state index in [2.05, 4.69) is 27.5 Å². The quantitative estimate of drug-likeness (QED) is 0.521. The highest BCUT2D eigenvalue weighted by Gasteiger charge is 2.35. The summed E-state index contributed by atoms with van der Waals surface area (Å²) in [6, 6.07) is 16.9. The number of carbonyl (C=O) groups is 2. The number of ether oxygens (including phenoxy) is 3. The Morgan fingerprint density at radius 1 is 1.16 bits per heavy atom. The molecule has 2 aromatic carbocycles. The molecule has 0 bridgehead atoms. The van der Waals surface area contributed by atoms with Crippen molar-refractivity contribution >= 4 is 17.5 Å². The van der Waals surface area contributed by atoms with E-state index in [1.165, 1.54) is 17.2 Å². The van der Waals surface area contributed by atoms with Crippen LogP contribution in [0.5, 0.6) is 17.2 Å². The van der Waals surface area contributed by atoms with Crippen LogP contribution in [-0.2, 0) is 9.53 Å². The van der Waals surface area contributed by atoms with E-state index >= 15 is 0 Å². The number of likely N-dealkylation sites (N-methyl/N-ethyl adjacent to an activating group) is 1. The summed E-state index contributed by atoms with van der Waals surface area (Å²) >= 11 is 0. The van der Waals surface area contributed by atoms with E-state index < -0.39 is 17.6 Å². The number of aromatic nitrogens is 1. The molecule has 0 aliphatic carbocycles. The molecule has 2 aliphatic heterocycles. The minimum atomic E-state index is -0.905. The number of nitrogens with one attached hydrogen (secondary N) is 2. The highest BCUT2D eigenvalue weighted by molar-refractivity contribution is 6.03. The fourth-order valence-corrected chi connectivity index (χ4v) is 3.96. The minimum Gasteiger partial charge on any atom is -0.489 e. The van der Waals surface area contributed by atoms with Gasteiger partial charge in [-0.3, -0.25) is 14.6 Å². The van der Waals surface area contributed by atoms with Crippen LogP contribution < -0.4 is 25.0 Å². The van der Waals surface area contributed by atoms with Crippen molar-refractivity contribution in [2.45, 2.75) is 11.6 Å². The van der Waals surface area contributed by atoms with Gasteiger partial charge in [-0.25, -0.2) is 0 Å². The molecule has 2 N–H and O–H groups in total. The molecule has 188 valence electrons. The molecule has 1 aromatic heterocycles. The fraction of sp³-hybridized carbons (Fsp3) is 0.250. The van der Waals surface area contributed by atoms with Gasteiger partial charge in [0.05, 0.1) is 5.69 Å². The molecule has 5 rings (SSSR count). The van der Waals surface area contributed by atoms with Gasteiger partial charge in [-0.1, -0.05) is 30.0 Å². The maximum Gasteiger partial charge on any atom is 0.270 e. The average Bonchev–Trinajstić information content (AvgIpc) is 3.01. The maximum absolute atomic E-state index is 13.2. The lowest BCUT2D eigenvalue weighted by molar-refractivity contribution is -0.120. The van der Waals surface area contributed by atoms with Gasteiger partial charge in [-0.15, -0.1) is 0 Å². The topological polar surface area (TPSA) is 102 Å². The summed E-state index contributed by atoms with van der Waals surface area (Å²) in [7, 11) is 3.29. The van der Waals surface area contributed by atoms with E-state index in [9.17, 15) is 9.59 Å². The lowest BCUT2D eigenvalue weighted by atomic mass is 9.97. The van der Waals surface area contributed by atoms with Crippen molar-refractivity contribution in [3.63, 3.8) is 0 Å². The number of pyridine rings is 1. The van der Waals surface area contributed by atoms with Gasteiger partial charge >= 0.3 is 0 Å². The van der Waals surface area contributed by atoms with Gasteiger partial charge < -0.3 is 29.7 Å². The molecule has 1 fully saturated rings. The third-order valence-electron chi connectivity index (χ3n) is 6.25. The van der Waals surface area contributed by atoms with E-state index in [4.69, 9.17) is 14.2 Å². The molecule has 0 spiro atoms. The Labute approximate surface area is 214 Å². The Kier molecular flexibility index (Phi) is 6.77. The summed E-state index contributed by atoms with van der Waals surface area (Å²) in [4.78, 5) is 31.8. The lowest BCUT2D eigenvalue weighted by Crippen LogP contribution is -2.59. The highest BCUT2D eigenvalue weighted by Crippen LogP contribution is 2.32. The van der Waals surface area contributed by atoms with Crippen molar-refractivity contribution in [3.05, 3.63) is 78.1 Å². The summed E-state index contributed by atoms with van der Waals surface area (Å²) in [6.07, 6.45) is 1.48. The van der Waals surface area contributed by atoms with Crippen LogP contribution in [0, 0.1) is 11.8 Å². The number of carbonyl (C=O) groups excluding carboxylic acids is 2. The summed E-state index contributed by atoms with van der Waals surface area (Å²) < 4.78 is 17.2. The molecule has 2 amide bonds. The molecule has 37 heavy (non-hydrogen) atoms. The van der Waals surface area contributed by atoms with Gasteiger partial charge in [0, 0.05) is 45.1 Å². The standard InChI is InChI=1S/C28H26N4O5/c1-32-24-14-19(10-12-28(35-2)17-29-18-28)8-9-25(24)36-16-23(27(32)34)31-26(33)22-15-21(11-13-30-22)37-20-6-4-3-5-7-20/h3-9,11,13-15,23,29H,16-18H2,1-2H3,(H,31,33). The van der Waals surface area contributed by atoms with Gasteiger partial charge in [0.25, 0.3) is 11.8 Å².